The molecule has 0 aliphatic heterocycles. The molecule has 0 spiro atoms. The molecular weight excluding hydrogens is 218 g/mol. The van der Waals surface area contributed by atoms with Crippen LogP contribution in [0.25, 0.3) is 0 Å². The molecule has 1 aromatic rings. The van der Waals surface area contributed by atoms with E-state index >= 15 is 0 Å². The molecule has 0 unspecified atom stereocenters. The van der Waals surface area contributed by atoms with Crippen molar-refractivity contribution in [1.82, 2.24) is 5.32 Å². The predicted octanol–water partition coefficient (Wildman–Crippen LogP) is 2.84. The second-order valence-corrected chi connectivity index (χ2v) is 5.96. The van der Waals surface area contributed by atoms with Gasteiger partial charge in [0.2, 0.25) is 5.91 Å². The van der Waals surface area contributed by atoms with Crippen molar-refractivity contribution in [3.8, 4) is 0 Å². The highest BCUT2D eigenvalue weighted by atomic mass is 32.1. The van der Waals surface area contributed by atoms with Crippen molar-refractivity contribution in [2.45, 2.75) is 50.0 Å². The third-order valence-corrected chi connectivity index (χ3v) is 4.94. The minimum atomic E-state index is -0.142. The van der Waals surface area contributed by atoms with Crippen LogP contribution in [0.3, 0.4) is 0 Å². The largest absolute Gasteiger partial charge is 0.353 e. The lowest BCUT2D eigenvalue weighted by atomic mass is 10.0. The summed E-state index contributed by atoms with van der Waals surface area (Å²) < 4.78 is 0. The number of nitrogens with one attached hydrogen (secondary N) is 1. The van der Waals surface area contributed by atoms with Crippen LogP contribution in [0, 0.1) is 0 Å². The third-order valence-electron chi connectivity index (χ3n) is 3.87. The maximum atomic E-state index is 12.3. The minimum absolute atomic E-state index is 0.142. The average Bonchev–Trinajstić information content (AvgIpc) is 2.74. The number of carbonyl (C=O) groups is 1. The van der Waals surface area contributed by atoms with Gasteiger partial charge in [0.05, 0.1) is 5.41 Å². The summed E-state index contributed by atoms with van der Waals surface area (Å²) in [7, 11) is 0. The van der Waals surface area contributed by atoms with Gasteiger partial charge >= 0.3 is 0 Å². The van der Waals surface area contributed by atoms with Crippen molar-refractivity contribution in [3.05, 3.63) is 22.4 Å². The molecule has 0 aromatic carbocycles. The molecule has 1 amide bonds. The van der Waals surface area contributed by atoms with Gasteiger partial charge in [-0.25, -0.2) is 0 Å². The molecule has 2 nitrogen and oxygen atoms in total. The highest BCUT2D eigenvalue weighted by Crippen LogP contribution is 2.50. The summed E-state index contributed by atoms with van der Waals surface area (Å²) in [6.07, 6.45) is 6.96. The van der Waals surface area contributed by atoms with Crippen LogP contribution in [-0.4, -0.2) is 11.9 Å². The van der Waals surface area contributed by atoms with Crippen molar-refractivity contribution in [2.24, 2.45) is 0 Å². The zero-order chi connectivity index (χ0) is 11.0. The molecule has 3 heteroatoms. The third kappa shape index (κ3) is 1.67. The van der Waals surface area contributed by atoms with Crippen LogP contribution in [0.2, 0.25) is 0 Å². The molecule has 0 radical (unpaired) electrons. The number of thiophene rings is 1. The zero-order valence-corrected chi connectivity index (χ0v) is 10.2. The van der Waals surface area contributed by atoms with Crippen molar-refractivity contribution in [1.29, 1.82) is 0 Å². The summed E-state index contributed by atoms with van der Waals surface area (Å²) in [6, 6.07) is 4.60. The Morgan fingerprint density at radius 1 is 1.38 bits per heavy atom. The Balaban J connectivity index is 1.70. The van der Waals surface area contributed by atoms with E-state index in [1.54, 1.807) is 11.3 Å². The number of amides is 1. The number of hydrogen-bond donors (Lipinski definition) is 1. The van der Waals surface area contributed by atoms with Crippen molar-refractivity contribution in [3.63, 3.8) is 0 Å². The van der Waals surface area contributed by atoms with Crippen LogP contribution in [-0.2, 0) is 10.2 Å². The first-order chi connectivity index (χ1) is 7.81. The van der Waals surface area contributed by atoms with Gasteiger partial charge < -0.3 is 5.32 Å². The fourth-order valence-corrected chi connectivity index (χ4v) is 3.64. The topological polar surface area (TPSA) is 29.1 Å². The first kappa shape index (κ1) is 10.3. The Morgan fingerprint density at radius 3 is 2.69 bits per heavy atom. The minimum Gasteiger partial charge on any atom is -0.353 e. The lowest BCUT2D eigenvalue weighted by Gasteiger charge is -2.17. The number of rotatable bonds is 3. The Hall–Kier alpha value is -0.830. The monoisotopic (exact) mass is 235 g/mol. The van der Waals surface area contributed by atoms with Crippen LogP contribution < -0.4 is 5.32 Å². The normalized spacial score (nSPS) is 23.2. The number of hydrogen-bond acceptors (Lipinski definition) is 2. The van der Waals surface area contributed by atoms with Gasteiger partial charge in [0.15, 0.2) is 0 Å². The summed E-state index contributed by atoms with van der Waals surface area (Å²) in [5.74, 6) is 0.279. The molecule has 0 bridgehead atoms. The molecule has 86 valence electrons. The second kappa shape index (κ2) is 3.88. The molecule has 1 heterocycles. The van der Waals surface area contributed by atoms with Crippen LogP contribution in [0.1, 0.15) is 43.4 Å². The molecule has 3 rings (SSSR count). The fourth-order valence-electron chi connectivity index (χ4n) is 2.65. The van der Waals surface area contributed by atoms with Gasteiger partial charge in [0.1, 0.15) is 0 Å². The molecule has 1 aromatic heterocycles. The standard InChI is InChI=1S/C13H17NOS/c15-12(14-10-4-1-2-5-10)13(7-8-13)11-6-3-9-16-11/h3,6,9-10H,1-2,4-5,7-8H2,(H,14,15). The second-order valence-electron chi connectivity index (χ2n) is 5.01. The summed E-state index contributed by atoms with van der Waals surface area (Å²) >= 11 is 1.72. The molecule has 2 aliphatic carbocycles. The SMILES string of the molecule is O=C(NC1CCCC1)C1(c2cccs2)CC1. The highest BCUT2D eigenvalue weighted by Gasteiger charge is 2.52. The summed E-state index contributed by atoms with van der Waals surface area (Å²) in [5, 5.41) is 5.31. The van der Waals surface area contributed by atoms with Gasteiger partial charge in [-0.05, 0) is 37.1 Å². The Bertz CT molecular complexity index is 375. The first-order valence-electron chi connectivity index (χ1n) is 6.16. The molecule has 2 saturated carbocycles. The van der Waals surface area contributed by atoms with Crippen molar-refractivity contribution >= 4 is 17.2 Å². The average molecular weight is 235 g/mol. The Labute approximate surface area is 100 Å². The molecule has 2 fully saturated rings. The van der Waals surface area contributed by atoms with Gasteiger partial charge in [-0.15, -0.1) is 11.3 Å². The van der Waals surface area contributed by atoms with Gasteiger partial charge in [0.25, 0.3) is 0 Å². The zero-order valence-electron chi connectivity index (χ0n) is 9.37. The Morgan fingerprint density at radius 2 is 2.12 bits per heavy atom. The van der Waals surface area contributed by atoms with E-state index in [1.807, 2.05) is 6.07 Å². The highest BCUT2D eigenvalue weighted by molar-refractivity contribution is 7.10. The van der Waals surface area contributed by atoms with Crippen LogP contribution in [0.5, 0.6) is 0 Å². The van der Waals surface area contributed by atoms with E-state index in [0.717, 1.165) is 12.8 Å². The van der Waals surface area contributed by atoms with E-state index in [9.17, 15) is 4.79 Å². The summed E-state index contributed by atoms with van der Waals surface area (Å²) in [6.45, 7) is 0. The summed E-state index contributed by atoms with van der Waals surface area (Å²) in [5.41, 5.74) is -0.142. The maximum Gasteiger partial charge on any atom is 0.231 e. The van der Waals surface area contributed by atoms with Gasteiger partial charge in [-0.1, -0.05) is 18.9 Å². The lowest BCUT2D eigenvalue weighted by Crippen LogP contribution is -2.39. The van der Waals surface area contributed by atoms with E-state index in [-0.39, 0.29) is 11.3 Å². The first-order valence-corrected chi connectivity index (χ1v) is 7.04. The van der Waals surface area contributed by atoms with Gasteiger partial charge in [0, 0.05) is 10.9 Å². The maximum absolute atomic E-state index is 12.3. The van der Waals surface area contributed by atoms with E-state index < -0.39 is 0 Å². The Kier molecular flexibility index (Phi) is 2.51. The van der Waals surface area contributed by atoms with E-state index in [4.69, 9.17) is 0 Å². The smallest absolute Gasteiger partial charge is 0.231 e. The lowest BCUT2D eigenvalue weighted by molar-refractivity contribution is -0.124. The van der Waals surface area contributed by atoms with Crippen molar-refractivity contribution < 1.29 is 4.79 Å². The predicted molar refractivity (Wildman–Crippen MR) is 65.6 cm³/mol. The quantitative estimate of drug-likeness (QED) is 0.857. The van der Waals surface area contributed by atoms with Gasteiger partial charge in [-0.2, -0.15) is 0 Å². The number of carbonyl (C=O) groups excluding carboxylic acids is 1. The molecule has 0 atom stereocenters. The van der Waals surface area contributed by atoms with Crippen LogP contribution in [0.15, 0.2) is 17.5 Å². The van der Waals surface area contributed by atoms with Crippen LogP contribution >= 0.6 is 11.3 Å². The van der Waals surface area contributed by atoms with Crippen LogP contribution in [0.4, 0.5) is 0 Å². The molecule has 2 aliphatic rings. The molecule has 0 saturated heterocycles. The fraction of sp³-hybridized carbons (Fsp3) is 0.615. The molecule has 1 N–H and O–H groups in total. The van der Waals surface area contributed by atoms with E-state index in [1.165, 1.54) is 30.6 Å². The molecular formula is C13H17NOS. The van der Waals surface area contributed by atoms with Crippen molar-refractivity contribution in [2.75, 3.05) is 0 Å². The van der Waals surface area contributed by atoms with E-state index in [0.29, 0.717) is 6.04 Å². The van der Waals surface area contributed by atoms with E-state index in [2.05, 4.69) is 16.8 Å². The van der Waals surface area contributed by atoms with Gasteiger partial charge in [-0.3, -0.25) is 4.79 Å². The summed E-state index contributed by atoms with van der Waals surface area (Å²) in [4.78, 5) is 13.5. The molecule has 16 heavy (non-hydrogen) atoms.